The van der Waals surface area contributed by atoms with E-state index >= 15 is 0 Å². The summed E-state index contributed by atoms with van der Waals surface area (Å²) in [5.74, 6) is -0.489. The zero-order valence-electron chi connectivity index (χ0n) is 6.48. The number of benzene rings is 1. The molecule has 0 amide bonds. The first-order valence-corrected chi connectivity index (χ1v) is 4.30. The lowest BCUT2D eigenvalue weighted by atomic mass is 10.1. The lowest BCUT2D eigenvalue weighted by Crippen LogP contribution is -2.19. The van der Waals surface area contributed by atoms with Gasteiger partial charge in [-0.3, -0.25) is 0 Å². The molecule has 5 heteroatoms. The molecule has 0 saturated heterocycles. The zero-order valence-corrected chi connectivity index (χ0v) is 8.06. The third-order valence-corrected chi connectivity index (χ3v) is 2.28. The number of halogens is 4. The second-order valence-corrected chi connectivity index (χ2v) is 3.38. The van der Waals surface area contributed by atoms with E-state index in [1.807, 2.05) is 0 Å². The standard InChI is InChI=1S/C8H7BrF3N/c9-6-3-4(10)1-2-5(6)7(13)8(11)12/h1-3,7-8H,13H2/t7-/m0/s1. The number of hydrogen-bond donors (Lipinski definition) is 1. The molecule has 72 valence electrons. The van der Waals surface area contributed by atoms with Gasteiger partial charge in [-0.25, -0.2) is 13.2 Å². The Morgan fingerprint density at radius 2 is 1.92 bits per heavy atom. The first-order valence-electron chi connectivity index (χ1n) is 3.51. The van der Waals surface area contributed by atoms with Crippen LogP contribution in [0.1, 0.15) is 11.6 Å². The minimum absolute atomic E-state index is 0.205. The van der Waals surface area contributed by atoms with Crippen molar-refractivity contribution in [3.05, 3.63) is 34.1 Å². The molecule has 0 spiro atoms. The van der Waals surface area contributed by atoms with Crippen molar-refractivity contribution in [1.29, 1.82) is 0 Å². The molecule has 1 aromatic carbocycles. The smallest absolute Gasteiger partial charge is 0.257 e. The number of nitrogens with two attached hydrogens (primary N) is 1. The normalized spacial score (nSPS) is 13.4. The highest BCUT2D eigenvalue weighted by Crippen LogP contribution is 2.26. The van der Waals surface area contributed by atoms with Crippen LogP contribution in [0.25, 0.3) is 0 Å². The maximum Gasteiger partial charge on any atom is 0.257 e. The average molecular weight is 254 g/mol. The highest BCUT2D eigenvalue weighted by Gasteiger charge is 2.19. The van der Waals surface area contributed by atoms with Crippen molar-refractivity contribution in [2.45, 2.75) is 12.5 Å². The van der Waals surface area contributed by atoms with E-state index in [-0.39, 0.29) is 10.0 Å². The first-order chi connectivity index (χ1) is 6.02. The molecule has 0 unspecified atom stereocenters. The van der Waals surface area contributed by atoms with Crippen LogP contribution in [0.5, 0.6) is 0 Å². The highest BCUT2D eigenvalue weighted by atomic mass is 79.9. The Labute approximate surface area is 81.9 Å². The van der Waals surface area contributed by atoms with Crippen molar-refractivity contribution in [2.24, 2.45) is 5.73 Å². The highest BCUT2D eigenvalue weighted by molar-refractivity contribution is 9.10. The molecule has 0 aliphatic heterocycles. The molecular formula is C8H7BrF3N. The van der Waals surface area contributed by atoms with Gasteiger partial charge in [-0.15, -0.1) is 0 Å². The van der Waals surface area contributed by atoms with E-state index in [0.29, 0.717) is 0 Å². The van der Waals surface area contributed by atoms with Crippen molar-refractivity contribution in [1.82, 2.24) is 0 Å². The van der Waals surface area contributed by atoms with Crippen LogP contribution in [-0.4, -0.2) is 6.43 Å². The monoisotopic (exact) mass is 253 g/mol. The van der Waals surface area contributed by atoms with Gasteiger partial charge in [0.1, 0.15) is 5.82 Å². The van der Waals surface area contributed by atoms with Gasteiger partial charge in [0.15, 0.2) is 0 Å². The fourth-order valence-corrected chi connectivity index (χ4v) is 1.52. The van der Waals surface area contributed by atoms with Gasteiger partial charge < -0.3 is 5.73 Å². The predicted molar refractivity (Wildman–Crippen MR) is 47.0 cm³/mol. The molecule has 0 aromatic heterocycles. The van der Waals surface area contributed by atoms with Gasteiger partial charge in [0.05, 0.1) is 6.04 Å². The molecule has 0 bridgehead atoms. The van der Waals surface area contributed by atoms with Crippen molar-refractivity contribution >= 4 is 15.9 Å². The van der Waals surface area contributed by atoms with Gasteiger partial charge in [0.2, 0.25) is 0 Å². The largest absolute Gasteiger partial charge is 0.319 e. The van der Waals surface area contributed by atoms with Gasteiger partial charge >= 0.3 is 0 Å². The topological polar surface area (TPSA) is 26.0 Å². The maximum absolute atomic E-state index is 12.6. The lowest BCUT2D eigenvalue weighted by molar-refractivity contribution is 0.116. The van der Waals surface area contributed by atoms with E-state index in [1.165, 1.54) is 6.07 Å². The van der Waals surface area contributed by atoms with Gasteiger partial charge in [-0.1, -0.05) is 22.0 Å². The third kappa shape index (κ3) is 2.45. The number of hydrogen-bond acceptors (Lipinski definition) is 1. The van der Waals surface area contributed by atoms with E-state index in [2.05, 4.69) is 15.9 Å². The second kappa shape index (κ2) is 4.11. The molecule has 13 heavy (non-hydrogen) atoms. The van der Waals surface area contributed by atoms with E-state index < -0.39 is 18.3 Å². The van der Waals surface area contributed by atoms with Crippen LogP contribution in [0.15, 0.2) is 22.7 Å². The van der Waals surface area contributed by atoms with Crippen molar-refractivity contribution in [3.8, 4) is 0 Å². The van der Waals surface area contributed by atoms with E-state index in [9.17, 15) is 13.2 Å². The number of alkyl halides is 2. The molecule has 0 heterocycles. The van der Waals surface area contributed by atoms with Gasteiger partial charge in [0, 0.05) is 4.47 Å². The molecule has 2 N–H and O–H groups in total. The molecule has 0 aliphatic rings. The summed E-state index contributed by atoms with van der Waals surface area (Å²) in [5, 5.41) is 0. The van der Waals surface area contributed by atoms with Crippen LogP contribution < -0.4 is 5.73 Å². The summed E-state index contributed by atoms with van der Waals surface area (Å²) < 4.78 is 37.1. The summed E-state index contributed by atoms with van der Waals surface area (Å²) >= 11 is 2.96. The first kappa shape index (κ1) is 10.5. The maximum atomic E-state index is 12.6. The third-order valence-electron chi connectivity index (χ3n) is 1.59. The van der Waals surface area contributed by atoms with Gasteiger partial charge in [-0.2, -0.15) is 0 Å². The van der Waals surface area contributed by atoms with Gasteiger partial charge in [0.25, 0.3) is 6.43 Å². The lowest BCUT2D eigenvalue weighted by Gasteiger charge is -2.12. The summed E-state index contributed by atoms with van der Waals surface area (Å²) in [6.07, 6.45) is -2.65. The molecule has 0 fully saturated rings. The van der Waals surface area contributed by atoms with E-state index in [4.69, 9.17) is 5.73 Å². The fourth-order valence-electron chi connectivity index (χ4n) is 0.908. The molecule has 0 radical (unpaired) electrons. The Hall–Kier alpha value is -0.550. The Morgan fingerprint density at radius 3 is 2.38 bits per heavy atom. The average Bonchev–Trinajstić information content (AvgIpc) is 2.03. The van der Waals surface area contributed by atoms with Crippen LogP contribution in [-0.2, 0) is 0 Å². The van der Waals surface area contributed by atoms with Crippen LogP contribution in [0.2, 0.25) is 0 Å². The van der Waals surface area contributed by atoms with Crippen molar-refractivity contribution in [2.75, 3.05) is 0 Å². The molecular weight excluding hydrogens is 247 g/mol. The Morgan fingerprint density at radius 1 is 1.31 bits per heavy atom. The minimum atomic E-state index is -2.65. The summed E-state index contributed by atoms with van der Waals surface area (Å²) in [6, 6.07) is 2.07. The Bertz CT molecular complexity index is 303. The van der Waals surface area contributed by atoms with Crippen LogP contribution in [0, 0.1) is 5.82 Å². The molecule has 1 aromatic rings. The number of rotatable bonds is 2. The fraction of sp³-hybridized carbons (Fsp3) is 0.250. The Balaban J connectivity index is 3.01. The molecule has 0 saturated carbocycles. The molecule has 1 nitrogen and oxygen atoms in total. The molecule has 1 rings (SSSR count). The molecule has 1 atom stereocenters. The van der Waals surface area contributed by atoms with Crippen LogP contribution >= 0.6 is 15.9 Å². The molecule has 0 aliphatic carbocycles. The summed E-state index contributed by atoms with van der Waals surface area (Å²) in [6.45, 7) is 0. The van der Waals surface area contributed by atoms with Crippen molar-refractivity contribution < 1.29 is 13.2 Å². The minimum Gasteiger partial charge on any atom is -0.319 e. The summed E-state index contributed by atoms with van der Waals surface area (Å²) in [7, 11) is 0. The van der Waals surface area contributed by atoms with Crippen LogP contribution in [0.4, 0.5) is 13.2 Å². The zero-order chi connectivity index (χ0) is 10.0. The summed E-state index contributed by atoms with van der Waals surface area (Å²) in [5.41, 5.74) is 5.39. The second-order valence-electron chi connectivity index (χ2n) is 2.53. The van der Waals surface area contributed by atoms with Gasteiger partial charge in [-0.05, 0) is 17.7 Å². The van der Waals surface area contributed by atoms with E-state index in [0.717, 1.165) is 12.1 Å². The van der Waals surface area contributed by atoms with Crippen molar-refractivity contribution in [3.63, 3.8) is 0 Å². The van der Waals surface area contributed by atoms with E-state index in [1.54, 1.807) is 0 Å². The predicted octanol–water partition coefficient (Wildman–Crippen LogP) is 2.85. The SMILES string of the molecule is N[C@@H](c1ccc(F)cc1Br)C(F)F. The Kier molecular flexibility index (Phi) is 3.33. The van der Waals surface area contributed by atoms with Crippen LogP contribution in [0.3, 0.4) is 0 Å². The quantitative estimate of drug-likeness (QED) is 0.862. The summed E-state index contributed by atoms with van der Waals surface area (Å²) in [4.78, 5) is 0.